The zero-order valence-corrected chi connectivity index (χ0v) is 12.7. The third-order valence-corrected chi connectivity index (χ3v) is 2.94. The summed E-state index contributed by atoms with van der Waals surface area (Å²) in [6.45, 7) is 7.17. The van der Waals surface area contributed by atoms with Crippen LogP contribution in [0.3, 0.4) is 0 Å². The minimum Gasteiger partial charge on any atom is -0.357 e. The fraction of sp³-hybridized carbons (Fsp3) is 0.667. The molecule has 96 valence electrons. The van der Waals surface area contributed by atoms with E-state index in [1.54, 1.807) is 0 Å². The van der Waals surface area contributed by atoms with Crippen molar-refractivity contribution in [2.45, 2.75) is 20.3 Å². The molecule has 4 nitrogen and oxygen atoms in total. The molecular weight excluding hydrogens is 280 g/mol. The molecule has 0 spiro atoms. The summed E-state index contributed by atoms with van der Waals surface area (Å²) in [6, 6.07) is 1.98. The highest BCUT2D eigenvalue weighted by molar-refractivity contribution is 9.10. The summed E-state index contributed by atoms with van der Waals surface area (Å²) in [5.74, 6) is 1.81. The number of hydrogen-bond acceptors (Lipinski definition) is 4. The number of halogens is 1. The van der Waals surface area contributed by atoms with Crippen LogP contribution in [0.5, 0.6) is 0 Å². The van der Waals surface area contributed by atoms with Gasteiger partial charge in [-0.15, -0.1) is 0 Å². The first kappa shape index (κ1) is 14.4. The Kier molecular flexibility index (Phi) is 5.85. The van der Waals surface area contributed by atoms with E-state index in [2.05, 4.69) is 56.7 Å². The second-order valence-corrected chi connectivity index (χ2v) is 5.15. The highest BCUT2D eigenvalue weighted by Crippen LogP contribution is 2.16. The minimum absolute atomic E-state index is 0.806. The first-order valence-electron chi connectivity index (χ1n) is 5.93. The Labute approximate surface area is 112 Å². The Bertz CT molecular complexity index is 334. The summed E-state index contributed by atoms with van der Waals surface area (Å²) < 4.78 is 0.853. The highest BCUT2D eigenvalue weighted by Gasteiger charge is 2.07. The lowest BCUT2D eigenvalue weighted by molar-refractivity contribution is 0.400. The van der Waals surface area contributed by atoms with E-state index < -0.39 is 0 Å². The molecule has 1 aromatic rings. The number of nitrogens with zero attached hydrogens (tertiary/aromatic N) is 4. The van der Waals surface area contributed by atoms with Gasteiger partial charge in [0.2, 0.25) is 0 Å². The van der Waals surface area contributed by atoms with Gasteiger partial charge in [0.1, 0.15) is 16.2 Å². The molecule has 0 aliphatic rings. The van der Waals surface area contributed by atoms with E-state index in [1.165, 1.54) is 0 Å². The van der Waals surface area contributed by atoms with Crippen LogP contribution < -0.4 is 4.90 Å². The van der Waals surface area contributed by atoms with E-state index in [4.69, 9.17) is 0 Å². The number of hydrogen-bond donors (Lipinski definition) is 0. The summed E-state index contributed by atoms with van der Waals surface area (Å²) in [5.41, 5.74) is 0. The number of aryl methyl sites for hydroxylation is 1. The highest BCUT2D eigenvalue weighted by atomic mass is 79.9. The summed E-state index contributed by atoms with van der Waals surface area (Å²) in [7, 11) is 4.20. The van der Waals surface area contributed by atoms with Gasteiger partial charge in [-0.3, -0.25) is 0 Å². The van der Waals surface area contributed by atoms with E-state index in [0.29, 0.717) is 0 Å². The van der Waals surface area contributed by atoms with Crippen LogP contribution in [-0.2, 0) is 0 Å². The molecule has 5 heteroatoms. The van der Waals surface area contributed by atoms with E-state index in [0.717, 1.165) is 42.3 Å². The molecule has 1 rings (SSSR count). The molecule has 0 saturated carbocycles. The molecule has 0 aliphatic carbocycles. The van der Waals surface area contributed by atoms with Gasteiger partial charge in [-0.25, -0.2) is 9.97 Å². The molecule has 1 aromatic heterocycles. The van der Waals surface area contributed by atoms with Gasteiger partial charge in [-0.05, 0) is 56.8 Å². The van der Waals surface area contributed by atoms with Crippen LogP contribution in [0.2, 0.25) is 0 Å². The van der Waals surface area contributed by atoms with Crippen molar-refractivity contribution >= 4 is 21.7 Å². The van der Waals surface area contributed by atoms with Crippen molar-refractivity contribution in [2.75, 3.05) is 38.6 Å². The predicted octanol–water partition coefficient (Wildman–Crippen LogP) is 2.33. The maximum atomic E-state index is 4.47. The molecule has 0 N–H and O–H groups in total. The molecule has 17 heavy (non-hydrogen) atoms. The maximum Gasteiger partial charge on any atom is 0.133 e. The van der Waals surface area contributed by atoms with E-state index >= 15 is 0 Å². The van der Waals surface area contributed by atoms with Crippen molar-refractivity contribution in [3.8, 4) is 0 Å². The van der Waals surface area contributed by atoms with Crippen LogP contribution in [0.4, 0.5) is 5.82 Å². The molecule has 0 fully saturated rings. The monoisotopic (exact) mass is 300 g/mol. The van der Waals surface area contributed by atoms with Crippen molar-refractivity contribution in [3.05, 3.63) is 16.5 Å². The van der Waals surface area contributed by atoms with Crippen molar-refractivity contribution in [1.82, 2.24) is 14.9 Å². The summed E-state index contributed by atoms with van der Waals surface area (Å²) in [5, 5.41) is 0. The second-order valence-electron chi connectivity index (χ2n) is 4.33. The van der Waals surface area contributed by atoms with Crippen LogP contribution >= 0.6 is 15.9 Å². The summed E-state index contributed by atoms with van der Waals surface area (Å²) in [4.78, 5) is 13.2. The summed E-state index contributed by atoms with van der Waals surface area (Å²) in [6.07, 6.45) is 1.14. The molecule has 1 heterocycles. The molecule has 0 aliphatic heterocycles. The standard InChI is InChI=1S/C12H21BrN4/c1-5-17(8-6-7-16(3)4)12-9-11(13)14-10(2)15-12/h9H,5-8H2,1-4H3. The van der Waals surface area contributed by atoms with E-state index in [1.807, 2.05) is 13.0 Å². The molecule has 0 aromatic carbocycles. The van der Waals surface area contributed by atoms with Crippen molar-refractivity contribution < 1.29 is 0 Å². The van der Waals surface area contributed by atoms with Crippen LogP contribution in [0, 0.1) is 6.92 Å². The van der Waals surface area contributed by atoms with Gasteiger partial charge >= 0.3 is 0 Å². The third-order valence-electron chi connectivity index (χ3n) is 2.53. The van der Waals surface area contributed by atoms with Gasteiger partial charge < -0.3 is 9.80 Å². The van der Waals surface area contributed by atoms with Crippen molar-refractivity contribution in [2.24, 2.45) is 0 Å². The zero-order valence-electron chi connectivity index (χ0n) is 11.1. The second kappa shape index (κ2) is 6.91. The Hall–Kier alpha value is -0.680. The van der Waals surface area contributed by atoms with Crippen LogP contribution in [0.25, 0.3) is 0 Å². The Balaban J connectivity index is 2.65. The average molecular weight is 301 g/mol. The fourth-order valence-corrected chi connectivity index (χ4v) is 2.15. The van der Waals surface area contributed by atoms with Gasteiger partial charge in [0, 0.05) is 19.2 Å². The Morgan fingerprint density at radius 3 is 2.47 bits per heavy atom. The molecular formula is C12H21BrN4. The molecule has 0 atom stereocenters. The molecule has 0 bridgehead atoms. The SMILES string of the molecule is CCN(CCCN(C)C)c1cc(Br)nc(C)n1. The van der Waals surface area contributed by atoms with Gasteiger partial charge in [0.05, 0.1) is 0 Å². The van der Waals surface area contributed by atoms with E-state index in [-0.39, 0.29) is 0 Å². The molecule has 0 radical (unpaired) electrons. The molecule has 0 unspecified atom stereocenters. The lowest BCUT2D eigenvalue weighted by Gasteiger charge is -2.23. The van der Waals surface area contributed by atoms with Crippen LogP contribution in [0.1, 0.15) is 19.2 Å². The van der Waals surface area contributed by atoms with Crippen molar-refractivity contribution in [1.29, 1.82) is 0 Å². The maximum absolute atomic E-state index is 4.47. The number of anilines is 1. The largest absolute Gasteiger partial charge is 0.357 e. The van der Waals surface area contributed by atoms with Gasteiger partial charge in [0.25, 0.3) is 0 Å². The topological polar surface area (TPSA) is 32.3 Å². The van der Waals surface area contributed by atoms with Gasteiger partial charge in [-0.2, -0.15) is 0 Å². The minimum atomic E-state index is 0.806. The number of rotatable bonds is 6. The third kappa shape index (κ3) is 5.00. The quantitative estimate of drug-likeness (QED) is 0.755. The smallest absolute Gasteiger partial charge is 0.133 e. The lowest BCUT2D eigenvalue weighted by Crippen LogP contribution is -2.28. The fourth-order valence-electron chi connectivity index (χ4n) is 1.69. The van der Waals surface area contributed by atoms with Gasteiger partial charge in [0.15, 0.2) is 0 Å². The first-order valence-corrected chi connectivity index (χ1v) is 6.73. The average Bonchev–Trinajstić information content (AvgIpc) is 2.22. The molecule has 0 saturated heterocycles. The predicted molar refractivity (Wildman–Crippen MR) is 75.5 cm³/mol. The van der Waals surface area contributed by atoms with Crippen LogP contribution in [-0.4, -0.2) is 48.6 Å². The first-order chi connectivity index (χ1) is 8.02. The van der Waals surface area contributed by atoms with Crippen LogP contribution in [0.15, 0.2) is 10.7 Å². The zero-order chi connectivity index (χ0) is 12.8. The van der Waals surface area contributed by atoms with E-state index in [9.17, 15) is 0 Å². The summed E-state index contributed by atoms with van der Waals surface area (Å²) >= 11 is 3.42. The Morgan fingerprint density at radius 1 is 1.24 bits per heavy atom. The van der Waals surface area contributed by atoms with Gasteiger partial charge in [-0.1, -0.05) is 0 Å². The number of aromatic nitrogens is 2. The normalized spacial score (nSPS) is 10.9. The van der Waals surface area contributed by atoms with Crippen molar-refractivity contribution in [3.63, 3.8) is 0 Å². The Morgan fingerprint density at radius 2 is 1.94 bits per heavy atom. The lowest BCUT2D eigenvalue weighted by atomic mass is 10.3. The molecule has 0 amide bonds.